The van der Waals surface area contributed by atoms with Crippen LogP contribution >= 0.6 is 0 Å². The van der Waals surface area contributed by atoms with Crippen LogP contribution in [0.3, 0.4) is 0 Å². The van der Waals surface area contributed by atoms with E-state index in [4.69, 9.17) is 0 Å². The van der Waals surface area contributed by atoms with Gasteiger partial charge in [0.25, 0.3) is 5.91 Å². The number of hydrogen-bond donors (Lipinski definition) is 3. The number of nitrogens with one attached hydrogen (secondary N) is 2. The van der Waals surface area contributed by atoms with Crippen LogP contribution in [0.15, 0.2) is 23.4 Å². The number of nitroso groups, excluding NO2 is 1. The van der Waals surface area contributed by atoms with Gasteiger partial charge in [0.1, 0.15) is 11.6 Å². The number of rotatable bonds is 8. The minimum Gasteiger partial charge on any atom is -0.396 e. The second kappa shape index (κ2) is 8.61. The lowest BCUT2D eigenvalue weighted by atomic mass is 9.85. The Balaban J connectivity index is 2.63. The average Bonchev–Trinajstić information content (AvgIpc) is 2.55. The molecule has 2 amide bonds. The molecule has 9 heteroatoms. The van der Waals surface area contributed by atoms with Crippen molar-refractivity contribution in [3.63, 3.8) is 0 Å². The zero-order valence-corrected chi connectivity index (χ0v) is 14.2. The molecule has 0 aromatic heterocycles. The summed E-state index contributed by atoms with van der Waals surface area (Å²) in [6.45, 7) is 4.08. The molecule has 0 aliphatic rings. The zero-order chi connectivity index (χ0) is 19.2. The molecule has 138 valence electrons. The third-order valence-corrected chi connectivity index (χ3v) is 3.63. The van der Waals surface area contributed by atoms with Gasteiger partial charge in [0.2, 0.25) is 5.91 Å². The van der Waals surface area contributed by atoms with Crippen LogP contribution in [0.2, 0.25) is 0 Å². The first-order chi connectivity index (χ1) is 11.6. The molecule has 2 unspecified atom stereocenters. The number of halogens is 2. The molecule has 0 aliphatic carbocycles. The summed E-state index contributed by atoms with van der Waals surface area (Å²) >= 11 is 0. The molecule has 1 rings (SSSR count). The predicted molar refractivity (Wildman–Crippen MR) is 86.7 cm³/mol. The van der Waals surface area contributed by atoms with E-state index in [0.29, 0.717) is 0 Å². The highest BCUT2D eigenvalue weighted by Gasteiger charge is 2.36. The second-order valence-electron chi connectivity index (χ2n) is 6.40. The normalized spacial score (nSPS) is 13.7. The average molecular weight is 357 g/mol. The summed E-state index contributed by atoms with van der Waals surface area (Å²) in [4.78, 5) is 34.8. The Morgan fingerprint density at radius 3 is 2.52 bits per heavy atom. The zero-order valence-electron chi connectivity index (χ0n) is 14.2. The molecule has 2 atom stereocenters. The molecule has 0 radical (unpaired) electrons. The minimum atomic E-state index is -1.30. The summed E-state index contributed by atoms with van der Waals surface area (Å²) in [6, 6.07) is 0.579. The first-order valence-corrected chi connectivity index (χ1v) is 7.59. The number of carbonyl (C=O) groups excluding carboxylic acids is 2. The van der Waals surface area contributed by atoms with Crippen LogP contribution < -0.4 is 10.6 Å². The molecule has 0 saturated heterocycles. The van der Waals surface area contributed by atoms with Crippen molar-refractivity contribution >= 4 is 11.8 Å². The van der Waals surface area contributed by atoms with E-state index >= 15 is 0 Å². The standard InChI is InChI=1S/C16H21F2N3O4/c1-9(7-19-15(24)13(21-25)16(2,3)8-22)20-14(23)11-6-10(17)4-5-12(11)18/h4-6,9,13,22H,7-8H2,1-3H3,(H,19,24)(H,20,23). The maximum absolute atomic E-state index is 13.5. The molecule has 0 fully saturated rings. The Labute approximate surface area is 143 Å². The van der Waals surface area contributed by atoms with E-state index in [1.165, 1.54) is 20.8 Å². The number of amides is 2. The van der Waals surface area contributed by atoms with Gasteiger partial charge in [-0.25, -0.2) is 8.78 Å². The number of aliphatic hydroxyl groups is 1. The van der Waals surface area contributed by atoms with Crippen molar-refractivity contribution in [2.24, 2.45) is 10.6 Å². The van der Waals surface area contributed by atoms with Gasteiger partial charge in [-0.3, -0.25) is 9.59 Å². The third kappa shape index (κ3) is 5.56. The maximum atomic E-state index is 13.5. The van der Waals surface area contributed by atoms with Crippen molar-refractivity contribution in [2.75, 3.05) is 13.2 Å². The lowest BCUT2D eigenvalue weighted by Crippen LogP contribution is -2.48. The molecule has 0 bridgehead atoms. The van der Waals surface area contributed by atoms with Gasteiger partial charge in [0.05, 0.1) is 12.2 Å². The summed E-state index contributed by atoms with van der Waals surface area (Å²) < 4.78 is 26.6. The summed E-state index contributed by atoms with van der Waals surface area (Å²) in [5.74, 6) is -3.16. The van der Waals surface area contributed by atoms with Crippen LogP contribution in [0.1, 0.15) is 31.1 Å². The van der Waals surface area contributed by atoms with Crippen LogP contribution in [0.5, 0.6) is 0 Å². The Morgan fingerprint density at radius 2 is 1.96 bits per heavy atom. The molecule has 1 aromatic rings. The van der Waals surface area contributed by atoms with E-state index in [0.717, 1.165) is 18.2 Å². The fourth-order valence-corrected chi connectivity index (χ4v) is 2.01. The van der Waals surface area contributed by atoms with Crippen LogP contribution in [0, 0.1) is 22.0 Å². The number of hydrogen-bond acceptors (Lipinski definition) is 5. The summed E-state index contributed by atoms with van der Waals surface area (Å²) in [5, 5.41) is 16.8. The lowest BCUT2D eigenvalue weighted by Gasteiger charge is -2.26. The maximum Gasteiger partial charge on any atom is 0.254 e. The molecule has 0 spiro atoms. The van der Waals surface area contributed by atoms with Gasteiger partial charge in [-0.15, -0.1) is 4.91 Å². The van der Waals surface area contributed by atoms with Gasteiger partial charge in [-0.2, -0.15) is 0 Å². The third-order valence-electron chi connectivity index (χ3n) is 3.63. The van der Waals surface area contributed by atoms with Gasteiger partial charge in [0, 0.05) is 18.0 Å². The van der Waals surface area contributed by atoms with Gasteiger partial charge in [0.15, 0.2) is 6.04 Å². The topological polar surface area (TPSA) is 108 Å². The molecule has 3 N–H and O–H groups in total. The minimum absolute atomic E-state index is 0.0605. The van der Waals surface area contributed by atoms with Gasteiger partial charge < -0.3 is 15.7 Å². The summed E-state index contributed by atoms with van der Waals surface area (Å²) in [5.41, 5.74) is -1.49. The van der Waals surface area contributed by atoms with E-state index in [1.54, 1.807) is 0 Å². The smallest absolute Gasteiger partial charge is 0.254 e. The summed E-state index contributed by atoms with van der Waals surface area (Å²) in [7, 11) is 0. The first-order valence-electron chi connectivity index (χ1n) is 7.59. The van der Waals surface area contributed by atoms with Crippen molar-refractivity contribution in [1.82, 2.24) is 10.6 Å². The molecule has 25 heavy (non-hydrogen) atoms. The number of aliphatic hydroxyl groups excluding tert-OH is 1. The van der Waals surface area contributed by atoms with Gasteiger partial charge in [-0.1, -0.05) is 19.0 Å². The fraction of sp³-hybridized carbons (Fsp3) is 0.500. The van der Waals surface area contributed by atoms with E-state index in [9.17, 15) is 28.4 Å². The first kappa shape index (κ1) is 20.6. The molecule has 1 aromatic carbocycles. The van der Waals surface area contributed by atoms with Gasteiger partial charge >= 0.3 is 0 Å². The Morgan fingerprint density at radius 1 is 1.32 bits per heavy atom. The second-order valence-corrected chi connectivity index (χ2v) is 6.40. The van der Waals surface area contributed by atoms with Crippen LogP contribution in [0.25, 0.3) is 0 Å². The Hall–Kier alpha value is -2.42. The van der Waals surface area contributed by atoms with Crippen molar-refractivity contribution in [1.29, 1.82) is 0 Å². The molecule has 0 aliphatic heterocycles. The molecular formula is C16H21F2N3O4. The van der Waals surface area contributed by atoms with Crippen LogP contribution in [-0.2, 0) is 4.79 Å². The number of carbonyl (C=O) groups is 2. The Bertz CT molecular complexity index is 652. The summed E-state index contributed by atoms with van der Waals surface area (Å²) in [6.07, 6.45) is 0. The quantitative estimate of drug-likeness (QED) is 0.610. The largest absolute Gasteiger partial charge is 0.396 e. The highest BCUT2D eigenvalue weighted by molar-refractivity contribution is 5.94. The van der Waals surface area contributed by atoms with E-state index < -0.39 is 53.1 Å². The molecule has 0 heterocycles. The SMILES string of the molecule is CC(CNC(=O)C(N=O)C(C)(C)CO)NC(=O)c1cc(F)ccc1F. The number of benzene rings is 1. The van der Waals surface area contributed by atoms with Gasteiger partial charge in [-0.05, 0) is 25.1 Å². The highest BCUT2D eigenvalue weighted by atomic mass is 19.1. The van der Waals surface area contributed by atoms with Crippen molar-refractivity contribution in [3.05, 3.63) is 40.3 Å². The lowest BCUT2D eigenvalue weighted by molar-refractivity contribution is -0.125. The van der Waals surface area contributed by atoms with Crippen LogP contribution in [0.4, 0.5) is 8.78 Å². The van der Waals surface area contributed by atoms with Crippen LogP contribution in [-0.4, -0.2) is 42.2 Å². The monoisotopic (exact) mass is 357 g/mol. The van der Waals surface area contributed by atoms with Crippen molar-refractivity contribution in [2.45, 2.75) is 32.9 Å². The fourth-order valence-electron chi connectivity index (χ4n) is 2.01. The molecular weight excluding hydrogens is 336 g/mol. The van der Waals surface area contributed by atoms with Crippen molar-refractivity contribution in [3.8, 4) is 0 Å². The Kier molecular flexibility index (Phi) is 7.10. The number of nitrogens with zero attached hydrogens (tertiary/aromatic N) is 1. The van der Waals surface area contributed by atoms with E-state index in [-0.39, 0.29) is 6.54 Å². The molecule has 0 saturated carbocycles. The van der Waals surface area contributed by atoms with Crippen molar-refractivity contribution < 1.29 is 23.5 Å². The predicted octanol–water partition coefficient (Wildman–Crippen LogP) is 1.35. The highest BCUT2D eigenvalue weighted by Crippen LogP contribution is 2.22. The van der Waals surface area contributed by atoms with E-state index in [2.05, 4.69) is 15.8 Å². The molecule has 7 nitrogen and oxygen atoms in total. The van der Waals surface area contributed by atoms with E-state index in [1.807, 2.05) is 0 Å².